The molecular weight excluding hydrogens is 240 g/mol. The Morgan fingerprint density at radius 2 is 2.07 bits per heavy atom. The maximum Gasteiger partial charge on any atom is 0.0357 e. The molecule has 1 unspecified atom stereocenters. The number of aromatic nitrogens is 1. The van der Waals surface area contributed by atoms with Gasteiger partial charge in [-0.3, -0.25) is 4.98 Å². The molecule has 0 saturated carbocycles. The van der Waals surface area contributed by atoms with E-state index in [0.29, 0.717) is 0 Å². The number of hydrogen-bond donors (Lipinski definition) is 1. The minimum atomic E-state index is 0.0491. The van der Waals surface area contributed by atoms with Gasteiger partial charge in [0, 0.05) is 28.3 Å². The number of halogens is 1. The molecule has 14 heavy (non-hydrogen) atoms. The summed E-state index contributed by atoms with van der Waals surface area (Å²) in [6.07, 6.45) is 3.64. The van der Waals surface area contributed by atoms with Gasteiger partial charge in [-0.15, -0.1) is 0 Å². The highest BCUT2D eigenvalue weighted by molar-refractivity contribution is 9.10. The van der Waals surface area contributed by atoms with Gasteiger partial charge in [0.15, 0.2) is 0 Å². The second kappa shape index (κ2) is 3.67. The van der Waals surface area contributed by atoms with E-state index in [1.54, 1.807) is 6.20 Å². The zero-order chi connectivity index (χ0) is 10.1. The second-order valence-electron chi connectivity index (χ2n) is 3.35. The molecule has 2 N–H and O–H groups in total. The smallest absolute Gasteiger partial charge is 0.0357 e. The number of rotatable bonds is 1. The van der Waals surface area contributed by atoms with Crippen LogP contribution in [0, 0.1) is 0 Å². The van der Waals surface area contributed by atoms with Crippen LogP contribution in [-0.2, 0) is 0 Å². The van der Waals surface area contributed by atoms with Crippen LogP contribution >= 0.6 is 15.9 Å². The molecule has 2 rings (SSSR count). The molecule has 2 nitrogen and oxygen atoms in total. The number of pyridine rings is 1. The molecule has 3 heteroatoms. The van der Waals surface area contributed by atoms with Crippen LogP contribution < -0.4 is 5.73 Å². The van der Waals surface area contributed by atoms with Crippen LogP contribution in [0.25, 0.3) is 10.8 Å². The molecule has 0 spiro atoms. The lowest BCUT2D eigenvalue weighted by Gasteiger charge is -2.10. The van der Waals surface area contributed by atoms with E-state index in [-0.39, 0.29) is 6.04 Å². The maximum absolute atomic E-state index is 5.89. The van der Waals surface area contributed by atoms with Crippen molar-refractivity contribution < 1.29 is 0 Å². The number of benzene rings is 1. The summed E-state index contributed by atoms with van der Waals surface area (Å²) in [7, 11) is 0. The van der Waals surface area contributed by atoms with Crippen LogP contribution in [0.4, 0.5) is 0 Å². The third-order valence-electron chi connectivity index (χ3n) is 2.29. The fourth-order valence-electron chi connectivity index (χ4n) is 1.58. The minimum absolute atomic E-state index is 0.0491. The first kappa shape index (κ1) is 9.62. The maximum atomic E-state index is 5.89. The largest absolute Gasteiger partial charge is 0.324 e. The zero-order valence-corrected chi connectivity index (χ0v) is 9.45. The summed E-state index contributed by atoms with van der Waals surface area (Å²) in [6.45, 7) is 1.99. The Hall–Kier alpha value is -0.930. The zero-order valence-electron chi connectivity index (χ0n) is 7.87. The number of hydrogen-bond acceptors (Lipinski definition) is 2. The van der Waals surface area contributed by atoms with Gasteiger partial charge < -0.3 is 5.73 Å². The second-order valence-corrected chi connectivity index (χ2v) is 4.20. The molecule has 0 amide bonds. The Balaban J connectivity index is 2.82. The van der Waals surface area contributed by atoms with Crippen molar-refractivity contribution in [3.63, 3.8) is 0 Å². The Morgan fingerprint density at radius 3 is 2.79 bits per heavy atom. The summed E-state index contributed by atoms with van der Waals surface area (Å²) in [5.74, 6) is 0. The molecule has 1 aromatic heterocycles. The summed E-state index contributed by atoms with van der Waals surface area (Å²) < 4.78 is 1.06. The van der Waals surface area contributed by atoms with Gasteiger partial charge in [0.1, 0.15) is 0 Å². The van der Waals surface area contributed by atoms with Gasteiger partial charge in [0.2, 0.25) is 0 Å². The van der Waals surface area contributed by atoms with Gasteiger partial charge >= 0.3 is 0 Å². The van der Waals surface area contributed by atoms with Crippen LogP contribution in [0.1, 0.15) is 18.5 Å². The van der Waals surface area contributed by atoms with E-state index in [1.807, 2.05) is 25.3 Å². The fourth-order valence-corrected chi connectivity index (χ4v) is 2.02. The van der Waals surface area contributed by atoms with Gasteiger partial charge in [-0.1, -0.05) is 22.0 Å². The van der Waals surface area contributed by atoms with Crippen molar-refractivity contribution in [3.05, 3.63) is 40.6 Å². The SMILES string of the molecule is CC(N)c1ccc(Br)c2cnccc12. The lowest BCUT2D eigenvalue weighted by atomic mass is 10.0. The summed E-state index contributed by atoms with van der Waals surface area (Å²) in [6, 6.07) is 6.12. The number of nitrogens with zero attached hydrogens (tertiary/aromatic N) is 1. The molecule has 0 fully saturated rings. The molecule has 0 aliphatic rings. The molecule has 0 saturated heterocycles. The fraction of sp³-hybridized carbons (Fsp3) is 0.182. The third kappa shape index (κ3) is 1.53. The Labute approximate surface area is 91.3 Å². The van der Waals surface area contributed by atoms with E-state index in [9.17, 15) is 0 Å². The highest BCUT2D eigenvalue weighted by Gasteiger charge is 2.06. The first-order valence-electron chi connectivity index (χ1n) is 4.48. The average Bonchev–Trinajstić information content (AvgIpc) is 2.18. The van der Waals surface area contributed by atoms with Gasteiger partial charge in [0.25, 0.3) is 0 Å². The van der Waals surface area contributed by atoms with Crippen LogP contribution in [-0.4, -0.2) is 4.98 Å². The average molecular weight is 251 g/mol. The first-order chi connectivity index (χ1) is 6.70. The van der Waals surface area contributed by atoms with Crippen molar-refractivity contribution in [1.29, 1.82) is 0 Å². The number of fused-ring (bicyclic) bond motifs is 1. The molecule has 0 bridgehead atoms. The lowest BCUT2D eigenvalue weighted by molar-refractivity contribution is 0.826. The van der Waals surface area contributed by atoms with E-state index in [1.165, 1.54) is 5.39 Å². The van der Waals surface area contributed by atoms with Crippen LogP contribution in [0.3, 0.4) is 0 Å². The molecule has 2 aromatic rings. The Kier molecular flexibility index (Phi) is 2.52. The van der Waals surface area contributed by atoms with Crippen LogP contribution in [0.2, 0.25) is 0 Å². The van der Waals surface area contributed by atoms with E-state index < -0.39 is 0 Å². The summed E-state index contributed by atoms with van der Waals surface area (Å²) in [5, 5.41) is 2.28. The molecule has 1 atom stereocenters. The van der Waals surface area contributed by atoms with Crippen molar-refractivity contribution in [1.82, 2.24) is 4.98 Å². The first-order valence-corrected chi connectivity index (χ1v) is 5.27. The minimum Gasteiger partial charge on any atom is -0.324 e. The topological polar surface area (TPSA) is 38.9 Å². The summed E-state index contributed by atoms with van der Waals surface area (Å²) in [5.41, 5.74) is 7.05. The van der Waals surface area contributed by atoms with Crippen LogP contribution in [0.15, 0.2) is 35.1 Å². The van der Waals surface area contributed by atoms with Crippen molar-refractivity contribution in [2.75, 3.05) is 0 Å². The van der Waals surface area contributed by atoms with E-state index >= 15 is 0 Å². The quantitative estimate of drug-likeness (QED) is 0.846. The van der Waals surface area contributed by atoms with Gasteiger partial charge in [-0.05, 0) is 30.0 Å². The normalized spacial score (nSPS) is 13.1. The molecular formula is C11H11BrN2. The van der Waals surface area contributed by atoms with E-state index in [2.05, 4.69) is 27.0 Å². The summed E-state index contributed by atoms with van der Waals surface area (Å²) >= 11 is 3.50. The van der Waals surface area contributed by atoms with Crippen LogP contribution in [0.5, 0.6) is 0 Å². The lowest BCUT2D eigenvalue weighted by Crippen LogP contribution is -2.05. The predicted octanol–water partition coefficient (Wildman–Crippen LogP) is 3.02. The Bertz CT molecular complexity index is 466. The standard InChI is InChI=1S/C11H11BrN2/c1-7(13)8-2-3-11(12)10-6-14-5-4-9(8)10/h2-7H,13H2,1H3. The summed E-state index contributed by atoms with van der Waals surface area (Å²) in [4.78, 5) is 4.10. The molecule has 0 aliphatic carbocycles. The van der Waals surface area contributed by atoms with E-state index in [0.717, 1.165) is 15.4 Å². The molecule has 0 radical (unpaired) electrons. The monoisotopic (exact) mass is 250 g/mol. The van der Waals surface area contributed by atoms with Crippen molar-refractivity contribution in [2.45, 2.75) is 13.0 Å². The van der Waals surface area contributed by atoms with E-state index in [4.69, 9.17) is 5.73 Å². The predicted molar refractivity (Wildman–Crippen MR) is 62.0 cm³/mol. The highest BCUT2D eigenvalue weighted by Crippen LogP contribution is 2.28. The van der Waals surface area contributed by atoms with Crippen molar-refractivity contribution >= 4 is 26.7 Å². The Morgan fingerprint density at radius 1 is 1.29 bits per heavy atom. The van der Waals surface area contributed by atoms with Gasteiger partial charge in [-0.2, -0.15) is 0 Å². The van der Waals surface area contributed by atoms with Gasteiger partial charge in [0.05, 0.1) is 0 Å². The van der Waals surface area contributed by atoms with Gasteiger partial charge in [-0.25, -0.2) is 0 Å². The number of nitrogens with two attached hydrogens (primary N) is 1. The molecule has 0 aliphatic heterocycles. The highest BCUT2D eigenvalue weighted by atomic mass is 79.9. The molecule has 1 aromatic carbocycles. The molecule has 1 heterocycles. The third-order valence-corrected chi connectivity index (χ3v) is 2.98. The van der Waals surface area contributed by atoms with Crippen molar-refractivity contribution in [2.24, 2.45) is 5.73 Å². The van der Waals surface area contributed by atoms with Crippen molar-refractivity contribution in [3.8, 4) is 0 Å². The molecule has 72 valence electrons.